The average Bonchev–Trinajstić information content (AvgIpc) is 2.74. The van der Waals surface area contributed by atoms with Crippen LogP contribution in [-0.2, 0) is 6.42 Å². The molecule has 1 aromatic carbocycles. The lowest BCUT2D eigenvalue weighted by molar-refractivity contribution is 0.140. The molecule has 0 heterocycles. The van der Waals surface area contributed by atoms with Crippen molar-refractivity contribution in [1.82, 2.24) is 0 Å². The average molecular weight is 393 g/mol. The van der Waals surface area contributed by atoms with Gasteiger partial charge >= 0.3 is 0 Å². The van der Waals surface area contributed by atoms with Crippen molar-refractivity contribution < 1.29 is 13.5 Å². The smallest absolute Gasteiger partial charge is 0.200 e. The third kappa shape index (κ3) is 5.48. The highest BCUT2D eigenvalue weighted by molar-refractivity contribution is 5.31. The van der Waals surface area contributed by atoms with Crippen LogP contribution in [0.4, 0.5) is 8.78 Å². The molecule has 2 saturated carbocycles. The fraction of sp³-hybridized carbons (Fsp3) is 0.760. The van der Waals surface area contributed by atoms with E-state index in [-0.39, 0.29) is 5.75 Å². The molecule has 0 N–H and O–H groups in total. The number of hydrogen-bond donors (Lipinski definition) is 0. The lowest BCUT2D eigenvalue weighted by Gasteiger charge is -2.38. The van der Waals surface area contributed by atoms with E-state index in [1.54, 1.807) is 12.1 Å². The van der Waals surface area contributed by atoms with Gasteiger partial charge in [-0.15, -0.1) is 0 Å². The summed E-state index contributed by atoms with van der Waals surface area (Å²) in [4.78, 5) is 0. The second kappa shape index (κ2) is 10.6. The number of hydrogen-bond acceptors (Lipinski definition) is 1. The normalized spacial score (nSPS) is 28.3. The number of ether oxygens (including phenoxy) is 1. The zero-order valence-corrected chi connectivity index (χ0v) is 17.8. The SMILES string of the molecule is CCCCC1CCC(C2CCC(CCc3ccc(OC)c(F)c3F)CC2)CC1. The predicted molar refractivity (Wildman–Crippen MR) is 112 cm³/mol. The van der Waals surface area contributed by atoms with Gasteiger partial charge in [0.25, 0.3) is 0 Å². The molecular weight excluding hydrogens is 354 g/mol. The first-order valence-corrected chi connectivity index (χ1v) is 11.6. The molecule has 158 valence electrons. The Hall–Kier alpha value is -1.12. The molecule has 0 radical (unpaired) electrons. The Morgan fingerprint density at radius 1 is 0.821 bits per heavy atom. The fourth-order valence-electron chi connectivity index (χ4n) is 5.67. The van der Waals surface area contributed by atoms with E-state index in [2.05, 4.69) is 6.92 Å². The molecule has 0 atom stereocenters. The molecule has 2 aliphatic carbocycles. The molecule has 3 rings (SSSR count). The maximum absolute atomic E-state index is 14.2. The largest absolute Gasteiger partial charge is 0.494 e. The van der Waals surface area contributed by atoms with Crippen molar-refractivity contribution in [3.63, 3.8) is 0 Å². The molecule has 0 saturated heterocycles. The van der Waals surface area contributed by atoms with Crippen molar-refractivity contribution >= 4 is 0 Å². The van der Waals surface area contributed by atoms with E-state index >= 15 is 0 Å². The zero-order chi connectivity index (χ0) is 19.9. The number of unbranched alkanes of at least 4 members (excludes halogenated alkanes) is 1. The molecule has 0 aliphatic heterocycles. The molecule has 3 heteroatoms. The van der Waals surface area contributed by atoms with E-state index in [4.69, 9.17) is 4.74 Å². The van der Waals surface area contributed by atoms with Gasteiger partial charge in [0, 0.05) is 0 Å². The van der Waals surface area contributed by atoms with Crippen molar-refractivity contribution in [2.24, 2.45) is 23.7 Å². The first-order valence-electron chi connectivity index (χ1n) is 11.6. The van der Waals surface area contributed by atoms with Gasteiger partial charge in [-0.05, 0) is 73.8 Å². The Morgan fingerprint density at radius 2 is 1.39 bits per heavy atom. The summed E-state index contributed by atoms with van der Waals surface area (Å²) in [6.45, 7) is 2.30. The summed E-state index contributed by atoms with van der Waals surface area (Å²) in [6, 6.07) is 3.22. The summed E-state index contributed by atoms with van der Waals surface area (Å²) in [5.74, 6) is 1.94. The van der Waals surface area contributed by atoms with Crippen molar-refractivity contribution in [1.29, 1.82) is 0 Å². The van der Waals surface area contributed by atoms with Crippen LogP contribution in [-0.4, -0.2) is 7.11 Å². The van der Waals surface area contributed by atoms with Crippen LogP contribution in [0.3, 0.4) is 0 Å². The molecule has 0 bridgehead atoms. The molecule has 1 aromatic rings. The van der Waals surface area contributed by atoms with E-state index < -0.39 is 11.6 Å². The van der Waals surface area contributed by atoms with Gasteiger partial charge in [0.2, 0.25) is 5.82 Å². The Morgan fingerprint density at radius 3 is 1.93 bits per heavy atom. The number of aryl methyl sites for hydroxylation is 1. The van der Waals surface area contributed by atoms with Gasteiger partial charge in [-0.2, -0.15) is 4.39 Å². The minimum absolute atomic E-state index is 0.00817. The lowest BCUT2D eigenvalue weighted by atomic mass is 9.68. The fourth-order valence-corrected chi connectivity index (χ4v) is 5.67. The third-order valence-electron chi connectivity index (χ3n) is 7.58. The lowest BCUT2D eigenvalue weighted by Crippen LogP contribution is -2.26. The molecule has 0 unspecified atom stereocenters. The minimum atomic E-state index is -0.849. The highest BCUT2D eigenvalue weighted by Gasteiger charge is 2.30. The Balaban J connectivity index is 1.40. The monoisotopic (exact) mass is 392 g/mol. The first-order chi connectivity index (χ1) is 13.6. The van der Waals surface area contributed by atoms with Crippen molar-refractivity contribution in [2.75, 3.05) is 7.11 Å². The number of halogens is 2. The number of benzene rings is 1. The van der Waals surface area contributed by atoms with Crippen LogP contribution in [0.25, 0.3) is 0 Å². The molecule has 0 aromatic heterocycles. The third-order valence-corrected chi connectivity index (χ3v) is 7.58. The molecule has 2 aliphatic rings. The van der Waals surface area contributed by atoms with E-state index in [9.17, 15) is 8.78 Å². The second-order valence-electron chi connectivity index (χ2n) is 9.30. The van der Waals surface area contributed by atoms with Crippen molar-refractivity contribution in [3.05, 3.63) is 29.3 Å². The van der Waals surface area contributed by atoms with E-state index in [1.165, 1.54) is 77.7 Å². The van der Waals surface area contributed by atoms with Crippen LogP contribution in [0.2, 0.25) is 0 Å². The Labute approximate surface area is 170 Å². The summed E-state index contributed by atoms with van der Waals surface area (Å²) in [5, 5.41) is 0. The van der Waals surface area contributed by atoms with Gasteiger partial charge in [0.05, 0.1) is 7.11 Å². The standard InChI is InChI=1S/C25H38F2O/c1-3-4-5-18-6-11-20(12-7-18)21-13-8-19(9-14-21)10-15-22-16-17-23(28-2)25(27)24(22)26/h16-21H,3-15H2,1-2H3. The summed E-state index contributed by atoms with van der Waals surface area (Å²) in [6.07, 6.45) is 16.8. The predicted octanol–water partition coefficient (Wildman–Crippen LogP) is 7.71. The molecular formula is C25H38F2O. The molecule has 2 fully saturated rings. The Kier molecular flexibility index (Phi) is 8.17. The van der Waals surface area contributed by atoms with Crippen LogP contribution in [0.1, 0.15) is 89.5 Å². The number of rotatable bonds is 8. The van der Waals surface area contributed by atoms with Gasteiger partial charge in [-0.3, -0.25) is 0 Å². The van der Waals surface area contributed by atoms with Crippen molar-refractivity contribution in [2.45, 2.75) is 90.4 Å². The summed E-state index contributed by atoms with van der Waals surface area (Å²) in [5.41, 5.74) is 0.492. The topological polar surface area (TPSA) is 9.23 Å². The molecule has 28 heavy (non-hydrogen) atoms. The van der Waals surface area contributed by atoms with Gasteiger partial charge in [-0.1, -0.05) is 57.9 Å². The molecule has 0 amide bonds. The number of methoxy groups -OCH3 is 1. The zero-order valence-electron chi connectivity index (χ0n) is 17.8. The van der Waals surface area contributed by atoms with E-state index in [0.717, 1.165) is 24.2 Å². The van der Waals surface area contributed by atoms with Crippen LogP contribution in [0.15, 0.2) is 12.1 Å². The quantitative estimate of drug-likeness (QED) is 0.440. The van der Waals surface area contributed by atoms with Crippen LogP contribution in [0.5, 0.6) is 5.75 Å². The van der Waals surface area contributed by atoms with E-state index in [1.807, 2.05) is 0 Å². The maximum atomic E-state index is 14.2. The second-order valence-corrected chi connectivity index (χ2v) is 9.30. The van der Waals surface area contributed by atoms with Gasteiger partial charge in [-0.25, -0.2) is 4.39 Å². The molecule has 1 nitrogen and oxygen atoms in total. The molecule has 0 spiro atoms. The minimum Gasteiger partial charge on any atom is -0.494 e. The first kappa shape index (κ1) is 21.6. The maximum Gasteiger partial charge on any atom is 0.200 e. The van der Waals surface area contributed by atoms with E-state index in [0.29, 0.717) is 17.9 Å². The Bertz CT molecular complexity index is 599. The van der Waals surface area contributed by atoms with Crippen LogP contribution < -0.4 is 4.74 Å². The summed E-state index contributed by atoms with van der Waals surface area (Å²) < 4.78 is 32.9. The summed E-state index contributed by atoms with van der Waals surface area (Å²) >= 11 is 0. The van der Waals surface area contributed by atoms with Crippen LogP contribution in [0, 0.1) is 35.3 Å². The highest BCUT2D eigenvalue weighted by atomic mass is 19.2. The van der Waals surface area contributed by atoms with Crippen molar-refractivity contribution in [3.8, 4) is 5.75 Å². The van der Waals surface area contributed by atoms with Gasteiger partial charge < -0.3 is 4.74 Å². The summed E-state index contributed by atoms with van der Waals surface area (Å²) in [7, 11) is 1.37. The van der Waals surface area contributed by atoms with Gasteiger partial charge in [0.1, 0.15) is 0 Å². The highest BCUT2D eigenvalue weighted by Crippen LogP contribution is 2.43. The van der Waals surface area contributed by atoms with Gasteiger partial charge in [0.15, 0.2) is 11.6 Å². The van der Waals surface area contributed by atoms with Crippen LogP contribution >= 0.6 is 0 Å².